The first-order chi connectivity index (χ1) is 7.58. The number of hydrogen-bond donors (Lipinski definition) is 5. The highest BCUT2D eigenvalue weighted by Crippen LogP contribution is 2.24. The Balaban J connectivity index is 2.51. The van der Waals surface area contributed by atoms with Crippen molar-refractivity contribution >= 4 is 17.9 Å². The van der Waals surface area contributed by atoms with Gasteiger partial charge in [-0.05, 0) is 24.4 Å². The molecule has 7 nitrogen and oxygen atoms in total. The Morgan fingerprint density at radius 1 is 1.38 bits per heavy atom. The number of aromatic nitrogens is 3. The van der Waals surface area contributed by atoms with E-state index in [1.54, 1.807) is 6.07 Å². The predicted molar refractivity (Wildman–Crippen MR) is 56.6 cm³/mol. The largest absolute Gasteiger partial charge is 0.595 e. The van der Waals surface area contributed by atoms with E-state index >= 15 is 0 Å². The van der Waals surface area contributed by atoms with E-state index in [2.05, 4.69) is 15.2 Å². The van der Waals surface area contributed by atoms with Crippen molar-refractivity contribution in [3.63, 3.8) is 0 Å². The van der Waals surface area contributed by atoms with Crippen LogP contribution in [0.5, 0.6) is 5.75 Å². The van der Waals surface area contributed by atoms with Crippen LogP contribution in [-0.4, -0.2) is 25.5 Å². The van der Waals surface area contributed by atoms with Crippen molar-refractivity contribution in [1.29, 1.82) is 0 Å². The smallest absolute Gasteiger partial charge is 0.213 e. The van der Waals surface area contributed by atoms with Crippen molar-refractivity contribution < 1.29 is 15.5 Å². The molecule has 5 N–H and O–H groups in total. The van der Waals surface area contributed by atoms with Crippen LogP contribution in [0.15, 0.2) is 18.2 Å². The molecule has 16 heavy (non-hydrogen) atoms. The highest BCUT2D eigenvalue weighted by atomic mass is 32.1. The van der Waals surface area contributed by atoms with Gasteiger partial charge in [-0.15, -0.1) is 0 Å². The number of aromatic hydroxyl groups is 1. The standard InChI is InChI=1S/C8H8N4O3S/c13-6-2-1-4(3-5(6)12(14)15)7-9-8(16)11-10-7/h1-3,12-14H,(H2,9,10,11,16). The van der Waals surface area contributed by atoms with E-state index in [4.69, 9.17) is 17.4 Å². The summed E-state index contributed by atoms with van der Waals surface area (Å²) in [7, 11) is 0. The van der Waals surface area contributed by atoms with Crippen LogP contribution >= 0.6 is 12.2 Å². The molecule has 0 spiro atoms. The molecule has 2 aromatic rings. The van der Waals surface area contributed by atoms with Crippen LogP contribution in [0.3, 0.4) is 0 Å². The number of nitrogens with one attached hydrogen (secondary N) is 3. The molecule has 1 unspecified atom stereocenters. The number of phenols is 1. The Hall–Kier alpha value is -1.74. The van der Waals surface area contributed by atoms with Crippen LogP contribution in [0.2, 0.25) is 0 Å². The van der Waals surface area contributed by atoms with Crippen molar-refractivity contribution in [3.8, 4) is 17.1 Å². The van der Waals surface area contributed by atoms with Gasteiger partial charge in [0.05, 0.1) is 0 Å². The van der Waals surface area contributed by atoms with Gasteiger partial charge in [0.15, 0.2) is 11.6 Å². The summed E-state index contributed by atoms with van der Waals surface area (Å²) >= 11 is 4.78. The summed E-state index contributed by atoms with van der Waals surface area (Å²) in [4.78, 5) is 3.94. The van der Waals surface area contributed by atoms with Crippen molar-refractivity contribution in [1.82, 2.24) is 15.2 Å². The third kappa shape index (κ3) is 1.95. The number of quaternary nitrogens is 1. The Bertz CT molecular complexity index is 562. The third-order valence-electron chi connectivity index (χ3n) is 2.00. The van der Waals surface area contributed by atoms with E-state index in [1.165, 1.54) is 12.1 Å². The lowest BCUT2D eigenvalue weighted by molar-refractivity contribution is -0.991. The molecule has 0 saturated carbocycles. The SMILES string of the molecule is [O-][NH+](O)c1cc(-c2nc(=S)[nH][nH]2)ccc1O. The minimum atomic E-state index is -1.20. The number of nitrogens with zero attached hydrogens (tertiary/aromatic N) is 1. The third-order valence-corrected chi connectivity index (χ3v) is 2.19. The minimum absolute atomic E-state index is 0.181. The number of H-pyrrole nitrogens is 2. The van der Waals surface area contributed by atoms with E-state index in [9.17, 15) is 10.3 Å². The molecule has 0 fully saturated rings. The summed E-state index contributed by atoms with van der Waals surface area (Å²) in [5.74, 6) is 0.137. The number of phenolic OH excluding ortho intramolecular Hbond substituents is 1. The molecule has 1 aromatic heterocycles. The van der Waals surface area contributed by atoms with E-state index in [-0.39, 0.29) is 16.2 Å². The molecule has 2 rings (SSSR count). The summed E-state index contributed by atoms with van der Waals surface area (Å²) in [5.41, 5.74) is 0.349. The van der Waals surface area contributed by atoms with Crippen LogP contribution < -0.4 is 5.23 Å². The zero-order valence-corrected chi connectivity index (χ0v) is 8.71. The highest BCUT2D eigenvalue weighted by molar-refractivity contribution is 7.71. The van der Waals surface area contributed by atoms with Crippen molar-refractivity contribution in [2.75, 3.05) is 0 Å². The average molecular weight is 240 g/mol. The minimum Gasteiger partial charge on any atom is -0.595 e. The Morgan fingerprint density at radius 3 is 2.69 bits per heavy atom. The maximum absolute atomic E-state index is 10.8. The maximum atomic E-state index is 10.8. The molecule has 0 saturated heterocycles. The first kappa shape index (κ1) is 10.8. The molecule has 1 aromatic carbocycles. The zero-order chi connectivity index (χ0) is 11.7. The lowest BCUT2D eigenvalue weighted by atomic mass is 10.2. The fourth-order valence-corrected chi connectivity index (χ4v) is 1.40. The van der Waals surface area contributed by atoms with E-state index in [0.29, 0.717) is 11.4 Å². The van der Waals surface area contributed by atoms with Crippen molar-refractivity contribution in [2.24, 2.45) is 0 Å². The van der Waals surface area contributed by atoms with Gasteiger partial charge in [-0.1, -0.05) is 0 Å². The van der Waals surface area contributed by atoms with Gasteiger partial charge >= 0.3 is 0 Å². The molecule has 0 aliphatic carbocycles. The van der Waals surface area contributed by atoms with E-state index in [1.807, 2.05) is 0 Å². The molecular weight excluding hydrogens is 232 g/mol. The van der Waals surface area contributed by atoms with Gasteiger partial charge in [0, 0.05) is 11.6 Å². The quantitative estimate of drug-likeness (QED) is 0.293. The first-order valence-corrected chi connectivity index (χ1v) is 4.70. The van der Waals surface area contributed by atoms with Crippen molar-refractivity contribution in [2.45, 2.75) is 0 Å². The van der Waals surface area contributed by atoms with Gasteiger partial charge in [-0.3, -0.25) is 10.2 Å². The van der Waals surface area contributed by atoms with Gasteiger partial charge in [-0.25, -0.2) is 5.21 Å². The molecule has 8 heteroatoms. The fraction of sp³-hybridized carbons (Fsp3) is 0. The normalized spacial score (nSPS) is 12.6. The number of benzene rings is 1. The van der Waals surface area contributed by atoms with Gasteiger partial charge in [0.2, 0.25) is 10.5 Å². The van der Waals surface area contributed by atoms with Crippen LogP contribution in [0.4, 0.5) is 5.69 Å². The van der Waals surface area contributed by atoms with Crippen LogP contribution in [0, 0.1) is 9.98 Å². The highest BCUT2D eigenvalue weighted by Gasteiger charge is 2.11. The Morgan fingerprint density at radius 2 is 2.12 bits per heavy atom. The lowest BCUT2D eigenvalue weighted by Gasteiger charge is -2.13. The van der Waals surface area contributed by atoms with Crippen LogP contribution in [0.1, 0.15) is 0 Å². The van der Waals surface area contributed by atoms with Gasteiger partial charge in [-0.2, -0.15) is 10.2 Å². The number of aromatic amines is 2. The van der Waals surface area contributed by atoms with E-state index < -0.39 is 5.23 Å². The molecule has 84 valence electrons. The predicted octanol–water partition coefficient (Wildman–Crippen LogP) is 0.243. The molecule has 0 aliphatic heterocycles. The summed E-state index contributed by atoms with van der Waals surface area (Å²) in [5, 5.41) is 33.0. The monoisotopic (exact) mass is 240 g/mol. The Kier molecular flexibility index (Phi) is 2.71. The van der Waals surface area contributed by atoms with E-state index in [0.717, 1.165) is 0 Å². The molecule has 0 aliphatic rings. The summed E-state index contributed by atoms with van der Waals surface area (Å²) < 4.78 is 0.278. The first-order valence-electron chi connectivity index (χ1n) is 4.29. The van der Waals surface area contributed by atoms with Gasteiger partial charge < -0.3 is 10.3 Å². The summed E-state index contributed by atoms with van der Waals surface area (Å²) in [6, 6.07) is 4.16. The molecule has 0 bridgehead atoms. The zero-order valence-electron chi connectivity index (χ0n) is 7.89. The Labute approximate surface area is 94.5 Å². The molecule has 0 radical (unpaired) electrons. The molecule has 0 amide bonds. The topological polar surface area (TPSA) is 112 Å². The molecule has 1 heterocycles. The summed E-state index contributed by atoms with van der Waals surface area (Å²) in [6.45, 7) is 0. The lowest BCUT2D eigenvalue weighted by Crippen LogP contribution is -2.99. The fourth-order valence-electron chi connectivity index (χ4n) is 1.26. The number of hydrogen-bond acceptors (Lipinski definition) is 5. The second kappa shape index (κ2) is 4.02. The van der Waals surface area contributed by atoms with Crippen LogP contribution in [0.25, 0.3) is 11.4 Å². The maximum Gasteiger partial charge on any atom is 0.213 e. The second-order valence-corrected chi connectivity index (χ2v) is 3.44. The summed E-state index contributed by atoms with van der Waals surface area (Å²) in [6.07, 6.45) is 0. The number of rotatable bonds is 2. The molecular formula is C8H8N4O3S. The average Bonchev–Trinajstić information content (AvgIpc) is 2.65. The van der Waals surface area contributed by atoms with Gasteiger partial charge in [0.1, 0.15) is 0 Å². The van der Waals surface area contributed by atoms with Gasteiger partial charge in [0.25, 0.3) is 0 Å². The molecule has 1 atom stereocenters. The van der Waals surface area contributed by atoms with Crippen LogP contribution in [-0.2, 0) is 0 Å². The van der Waals surface area contributed by atoms with Crippen molar-refractivity contribution in [3.05, 3.63) is 28.2 Å². The second-order valence-electron chi connectivity index (χ2n) is 3.05.